The Labute approximate surface area is 309 Å². The lowest BCUT2D eigenvalue weighted by atomic mass is 9.62. The third-order valence-corrected chi connectivity index (χ3v) is 15.6. The molecule has 2 aliphatic carbocycles. The Morgan fingerprint density at radius 3 is 2.65 bits per heavy atom. The Hall–Kier alpha value is -2.79. The van der Waals surface area contributed by atoms with Crippen LogP contribution in [0.1, 0.15) is 80.3 Å². The number of likely N-dealkylation sites (N-methyl/N-ethyl adjacent to an activating group) is 1. The smallest absolute Gasteiger partial charge is 0.262 e. The molecule has 2 bridgehead atoms. The second kappa shape index (κ2) is 14.2. The van der Waals surface area contributed by atoms with E-state index in [9.17, 15) is 13.8 Å². The van der Waals surface area contributed by atoms with Crippen LogP contribution in [0.2, 0.25) is 5.02 Å². The molecule has 9 nitrogen and oxygen atoms in total. The normalized spacial score (nSPS) is 34.8. The van der Waals surface area contributed by atoms with Crippen molar-refractivity contribution in [2.75, 3.05) is 64.9 Å². The van der Waals surface area contributed by atoms with Gasteiger partial charge in [-0.1, -0.05) is 31.0 Å². The largest absolute Gasteiger partial charge is 0.490 e. The molecule has 2 fully saturated rings. The van der Waals surface area contributed by atoms with E-state index in [0.717, 1.165) is 87.5 Å². The molecule has 1 N–H and O–H groups in total. The molecule has 2 aromatic carbocycles. The number of aryl methyl sites for hydroxylation is 1. The van der Waals surface area contributed by atoms with Crippen LogP contribution in [0.25, 0.3) is 0 Å². The molecule has 1 saturated carbocycles. The third-order valence-electron chi connectivity index (χ3n) is 13.2. The van der Waals surface area contributed by atoms with Gasteiger partial charge in [-0.15, -0.1) is 0 Å². The number of piperazine rings is 1. The number of nitrogens with zero attached hydrogens (tertiary/aromatic N) is 3. The molecule has 2 amide bonds. The fourth-order valence-corrected chi connectivity index (χ4v) is 11.4. The summed E-state index contributed by atoms with van der Waals surface area (Å²) in [5.74, 6) is 5.31. The van der Waals surface area contributed by atoms with Crippen LogP contribution in [-0.2, 0) is 31.1 Å². The first kappa shape index (κ1) is 36.6. The molecule has 5 aliphatic rings. The second-order valence-electron chi connectivity index (χ2n) is 16.3. The number of nitrogens with one attached hydrogen (secondary N) is 1. The average molecular weight is 739 g/mol. The minimum absolute atomic E-state index is 0.0699. The summed E-state index contributed by atoms with van der Waals surface area (Å²) >= 11 is 6.50. The lowest BCUT2D eigenvalue weighted by Crippen LogP contribution is -2.60. The van der Waals surface area contributed by atoms with Gasteiger partial charge in [0.1, 0.15) is 5.75 Å². The molecular formula is C40H55ClN4O5S. The van der Waals surface area contributed by atoms with E-state index < -0.39 is 15.3 Å². The number of hydrogen-bond acceptors (Lipinski definition) is 7. The number of methoxy groups -OCH3 is 1. The zero-order chi connectivity index (χ0) is 36.1. The van der Waals surface area contributed by atoms with Crippen molar-refractivity contribution in [2.24, 2.45) is 17.8 Å². The maximum absolute atomic E-state index is 14.0. The minimum atomic E-state index is -2.95. The van der Waals surface area contributed by atoms with Gasteiger partial charge in [-0.05, 0) is 117 Å². The van der Waals surface area contributed by atoms with Gasteiger partial charge in [-0.25, -0.2) is 4.21 Å². The van der Waals surface area contributed by atoms with Crippen molar-refractivity contribution in [1.82, 2.24) is 14.5 Å². The first-order valence-electron chi connectivity index (χ1n) is 18.8. The van der Waals surface area contributed by atoms with Crippen LogP contribution in [0, 0.1) is 17.8 Å². The van der Waals surface area contributed by atoms with Gasteiger partial charge >= 0.3 is 0 Å². The second-order valence-corrected chi connectivity index (χ2v) is 19.1. The molecule has 7 rings (SSSR count). The molecular weight excluding hydrogens is 684 g/mol. The number of anilines is 1. The molecule has 0 aromatic heterocycles. The van der Waals surface area contributed by atoms with Crippen LogP contribution >= 0.6 is 11.6 Å². The van der Waals surface area contributed by atoms with E-state index in [1.54, 1.807) is 6.07 Å². The molecule has 0 radical (unpaired) electrons. The number of halogens is 1. The SMILES string of the molecule is C=S1(=O)NC(=O)c2ccc3c(c2)N(C[C@@H]2CC[C@H]2[C@](CN2CCN(C)C(=O)C2)(OC)CCC[C@H](C)[C@H]1C)C[C@@]1(CCCc2cc(Cl)ccc21)CO3. The van der Waals surface area contributed by atoms with E-state index in [4.69, 9.17) is 21.1 Å². The Morgan fingerprint density at radius 1 is 1.08 bits per heavy atom. The highest BCUT2D eigenvalue weighted by atomic mass is 35.5. The fraction of sp³-hybridized carbons (Fsp3) is 0.625. The maximum atomic E-state index is 14.0. The predicted molar refractivity (Wildman–Crippen MR) is 205 cm³/mol. The molecule has 3 heterocycles. The van der Waals surface area contributed by atoms with Crippen LogP contribution in [0.4, 0.5) is 5.69 Å². The number of benzene rings is 2. The molecule has 3 aliphatic heterocycles. The van der Waals surface area contributed by atoms with Crippen LogP contribution in [0.3, 0.4) is 0 Å². The summed E-state index contributed by atoms with van der Waals surface area (Å²) in [6.45, 7) is 8.77. The van der Waals surface area contributed by atoms with E-state index >= 15 is 0 Å². The van der Waals surface area contributed by atoms with Gasteiger partial charge in [0, 0.05) is 68.1 Å². The first-order valence-corrected chi connectivity index (χ1v) is 21.0. The minimum Gasteiger partial charge on any atom is -0.490 e. The van der Waals surface area contributed by atoms with Gasteiger partial charge in [0.15, 0.2) is 0 Å². The lowest BCUT2D eigenvalue weighted by Gasteiger charge is -2.53. The summed E-state index contributed by atoms with van der Waals surface area (Å²) in [5, 5.41) is 0.434. The molecule has 11 heteroatoms. The van der Waals surface area contributed by atoms with E-state index in [1.165, 1.54) is 11.1 Å². The zero-order valence-corrected chi connectivity index (χ0v) is 32.3. The topological polar surface area (TPSA) is 91.4 Å². The highest BCUT2D eigenvalue weighted by Gasteiger charge is 2.51. The summed E-state index contributed by atoms with van der Waals surface area (Å²) in [7, 11) is 0.788. The number of carbonyl (C=O) groups is 2. The van der Waals surface area contributed by atoms with Crippen molar-refractivity contribution < 1.29 is 23.3 Å². The molecule has 1 saturated heterocycles. The Balaban J connectivity index is 1.30. The van der Waals surface area contributed by atoms with Crippen molar-refractivity contribution in [2.45, 2.75) is 81.5 Å². The van der Waals surface area contributed by atoms with Gasteiger partial charge < -0.3 is 19.3 Å². The van der Waals surface area contributed by atoms with Crippen molar-refractivity contribution >= 4 is 44.7 Å². The Kier molecular flexibility index (Phi) is 10.2. The number of ether oxygens (including phenoxy) is 2. The molecule has 51 heavy (non-hydrogen) atoms. The number of amides is 2. The molecule has 2 aromatic rings. The van der Waals surface area contributed by atoms with Gasteiger partial charge in [0.2, 0.25) is 5.91 Å². The van der Waals surface area contributed by atoms with Crippen LogP contribution < -0.4 is 14.4 Å². The van der Waals surface area contributed by atoms with Crippen molar-refractivity contribution in [3.63, 3.8) is 0 Å². The van der Waals surface area contributed by atoms with Crippen molar-refractivity contribution in [1.29, 1.82) is 0 Å². The Morgan fingerprint density at radius 2 is 1.90 bits per heavy atom. The van der Waals surface area contributed by atoms with Crippen molar-refractivity contribution in [3.8, 4) is 5.75 Å². The zero-order valence-electron chi connectivity index (χ0n) is 30.8. The predicted octanol–water partition coefficient (Wildman–Crippen LogP) is 5.57. The van der Waals surface area contributed by atoms with Gasteiger partial charge in [-0.2, -0.15) is 0 Å². The maximum Gasteiger partial charge on any atom is 0.262 e. The monoisotopic (exact) mass is 738 g/mol. The van der Waals surface area contributed by atoms with E-state index in [1.807, 2.05) is 44.2 Å². The molecule has 7 atom stereocenters. The van der Waals surface area contributed by atoms with E-state index in [-0.39, 0.29) is 28.4 Å². The first-order chi connectivity index (χ1) is 24.3. The fourth-order valence-electron chi connectivity index (χ4n) is 9.68. The summed E-state index contributed by atoms with van der Waals surface area (Å²) < 4.78 is 30.3. The summed E-state index contributed by atoms with van der Waals surface area (Å²) in [5.41, 5.74) is 3.25. The highest BCUT2D eigenvalue weighted by Crippen LogP contribution is 2.50. The average Bonchev–Trinajstić information content (AvgIpc) is 3.23. The third kappa shape index (κ3) is 7.02. The summed E-state index contributed by atoms with van der Waals surface area (Å²) in [6, 6.07) is 11.9. The number of rotatable bonds is 3. The van der Waals surface area contributed by atoms with Gasteiger partial charge in [-0.3, -0.25) is 19.2 Å². The van der Waals surface area contributed by atoms with Crippen LogP contribution in [0.15, 0.2) is 36.4 Å². The van der Waals surface area contributed by atoms with Crippen molar-refractivity contribution in [3.05, 3.63) is 58.1 Å². The number of carbonyl (C=O) groups excluding carboxylic acids is 2. The molecule has 1 unspecified atom stereocenters. The van der Waals surface area contributed by atoms with E-state index in [2.05, 4.69) is 39.4 Å². The standard InChI is InChI=1S/C40H55ClN4O5S/c1-27-8-6-17-40(49-4,25-44-19-18-43(3)37(46)23-44)34-13-10-31(34)22-45-24-39(16-7-9-29-20-32(41)12-14-33(29)39)26-50-36-15-11-30(21-35(36)45)38(47)42-51(5,48)28(27)2/h11-12,14-15,20-21,27-28,31,34H,5-10,13,16-19,22-26H2,1-4H3,(H,42,47,48)/t27-,28+,31-,34+,39-,40-,51?/m0/s1. The van der Waals surface area contributed by atoms with Gasteiger partial charge in [0.25, 0.3) is 5.91 Å². The lowest BCUT2D eigenvalue weighted by molar-refractivity contribution is -0.146. The number of hydrogen-bond donors (Lipinski definition) is 1. The van der Waals surface area contributed by atoms with Crippen LogP contribution in [-0.4, -0.2) is 103 Å². The summed E-state index contributed by atoms with van der Waals surface area (Å²) in [4.78, 5) is 33.2. The van der Waals surface area contributed by atoms with Gasteiger partial charge in [0.05, 0.1) is 34.1 Å². The Bertz CT molecular complexity index is 1770. The molecule has 278 valence electrons. The van der Waals surface area contributed by atoms with E-state index in [0.29, 0.717) is 43.6 Å². The summed E-state index contributed by atoms with van der Waals surface area (Å²) in [6.07, 6.45) is 7.74. The highest BCUT2D eigenvalue weighted by molar-refractivity contribution is 7.99. The number of fused-ring (bicyclic) bond motifs is 4. The molecule has 1 spiro atoms. The quantitative estimate of drug-likeness (QED) is 0.412. The van der Waals surface area contributed by atoms with Crippen LogP contribution in [0.5, 0.6) is 5.75 Å².